The summed E-state index contributed by atoms with van der Waals surface area (Å²) in [6.07, 6.45) is 0. The molecule has 15 heavy (non-hydrogen) atoms. The maximum atomic E-state index is 2.20. The molecule has 3 rings (SSSR count). The summed E-state index contributed by atoms with van der Waals surface area (Å²) in [5.74, 6) is 0.659. The quantitative estimate of drug-likeness (QED) is 0.538. The van der Waals surface area contributed by atoms with E-state index in [1.165, 1.54) is 16.7 Å². The lowest BCUT2D eigenvalue weighted by Crippen LogP contribution is -1.83. The normalized spacial score (nSPS) is 10.6. The van der Waals surface area contributed by atoms with Crippen molar-refractivity contribution in [3.05, 3.63) is 60.2 Å². The zero-order valence-electron chi connectivity index (χ0n) is 9.27. The van der Waals surface area contributed by atoms with Crippen molar-refractivity contribution < 1.29 is 0 Å². The molecule has 76 valence electrons. The summed E-state index contributed by atoms with van der Waals surface area (Å²) < 4.78 is 0. The third-order valence-electron chi connectivity index (χ3n) is 2.58. The van der Waals surface area contributed by atoms with E-state index in [0.29, 0.717) is 5.92 Å². The van der Waals surface area contributed by atoms with Gasteiger partial charge in [0.05, 0.1) is 0 Å². The molecule has 1 aromatic rings. The third kappa shape index (κ3) is 2.69. The Morgan fingerprint density at radius 3 is 1.60 bits per heavy atom. The predicted octanol–water partition coefficient (Wildman–Crippen LogP) is 4.48. The maximum Gasteiger partial charge on any atom is -0.0178 e. The molecule has 2 aliphatic rings. The monoisotopic (exact) mass is 196 g/mol. The molecule has 0 nitrogen and oxygen atoms in total. The van der Waals surface area contributed by atoms with E-state index in [1.54, 1.807) is 0 Å². The van der Waals surface area contributed by atoms with Crippen molar-refractivity contribution >= 4 is 0 Å². The Hall–Kier alpha value is -1.56. The molecule has 1 aromatic carbocycles. The smallest absolute Gasteiger partial charge is 0.0178 e. The highest BCUT2D eigenvalue weighted by Gasteiger charge is 2.06. The van der Waals surface area contributed by atoms with Crippen LogP contribution < -0.4 is 0 Å². The first-order chi connectivity index (χ1) is 7.27. The first kappa shape index (κ1) is 9.97. The predicted molar refractivity (Wildman–Crippen MR) is 66.0 cm³/mol. The van der Waals surface area contributed by atoms with Crippen LogP contribution in [0.5, 0.6) is 0 Å². The van der Waals surface area contributed by atoms with Crippen LogP contribution in [0, 0.1) is 0 Å². The Labute approximate surface area is 91.6 Å². The minimum Gasteiger partial charge on any atom is -0.0622 e. The van der Waals surface area contributed by atoms with E-state index in [9.17, 15) is 0 Å². The summed E-state index contributed by atoms with van der Waals surface area (Å²) in [4.78, 5) is 0. The van der Waals surface area contributed by atoms with Gasteiger partial charge < -0.3 is 0 Å². The average Bonchev–Trinajstić information content (AvgIpc) is 2.88. The molecular weight excluding hydrogens is 180 g/mol. The molecule has 0 heteroatoms. The second kappa shape index (κ2) is 4.31. The zero-order valence-corrected chi connectivity index (χ0v) is 9.27. The highest BCUT2D eigenvalue weighted by molar-refractivity contribution is 5.80. The Balaban J connectivity index is 0.000000121. The molecule has 0 saturated carbocycles. The van der Waals surface area contributed by atoms with Gasteiger partial charge in [-0.1, -0.05) is 62.4 Å². The molecule has 2 aliphatic carbocycles. The highest BCUT2D eigenvalue weighted by atomic mass is 14.1. The van der Waals surface area contributed by atoms with Crippen LogP contribution in [-0.4, -0.2) is 0 Å². The van der Waals surface area contributed by atoms with Crippen LogP contribution in [0.25, 0.3) is 11.1 Å². The molecule has 0 atom stereocenters. The van der Waals surface area contributed by atoms with Gasteiger partial charge in [0, 0.05) is 0 Å². The van der Waals surface area contributed by atoms with Crippen molar-refractivity contribution in [2.24, 2.45) is 0 Å². The molecule has 0 radical (unpaired) electrons. The van der Waals surface area contributed by atoms with Crippen molar-refractivity contribution in [3.63, 3.8) is 0 Å². The van der Waals surface area contributed by atoms with Crippen molar-refractivity contribution in [1.29, 1.82) is 0 Å². The second-order valence-corrected chi connectivity index (χ2v) is 4.15. The minimum absolute atomic E-state index is 0.659. The molecule has 0 spiro atoms. The zero-order chi connectivity index (χ0) is 10.7. The second-order valence-electron chi connectivity index (χ2n) is 4.15. The van der Waals surface area contributed by atoms with Crippen molar-refractivity contribution in [3.8, 4) is 11.1 Å². The molecule has 0 heterocycles. The van der Waals surface area contributed by atoms with Crippen molar-refractivity contribution in [2.45, 2.75) is 19.8 Å². The van der Waals surface area contributed by atoms with Gasteiger partial charge in [-0.25, -0.2) is 0 Å². The fraction of sp³-hybridized carbons (Fsp3) is 0.200. The molecular formula is C15H16. The average molecular weight is 196 g/mol. The topological polar surface area (TPSA) is 0 Å². The number of benzene rings is 2. The van der Waals surface area contributed by atoms with E-state index in [2.05, 4.69) is 62.4 Å². The Morgan fingerprint density at radius 1 is 0.733 bits per heavy atom. The van der Waals surface area contributed by atoms with Gasteiger partial charge in [-0.05, 0) is 28.7 Å². The lowest BCUT2D eigenvalue weighted by atomic mass is 10.0. The molecule has 0 amide bonds. The van der Waals surface area contributed by atoms with Crippen molar-refractivity contribution in [2.75, 3.05) is 0 Å². The standard InChI is InChI=1S/C9H12.C6H4/c1-8(2)9-6-4-3-5-7-9;1-2-5-4-6(5)3-1/h3-8H,1-2H3;1-4H. The Morgan fingerprint density at radius 2 is 1.33 bits per heavy atom. The van der Waals surface area contributed by atoms with Crippen LogP contribution in [0.3, 0.4) is 0 Å². The molecule has 0 aromatic heterocycles. The van der Waals surface area contributed by atoms with E-state index in [4.69, 9.17) is 0 Å². The van der Waals surface area contributed by atoms with Gasteiger partial charge in [-0.3, -0.25) is 0 Å². The minimum atomic E-state index is 0.659. The molecule has 0 unspecified atom stereocenters. The van der Waals surface area contributed by atoms with Crippen molar-refractivity contribution in [1.82, 2.24) is 0 Å². The number of hydrogen-bond acceptors (Lipinski definition) is 0. The van der Waals surface area contributed by atoms with E-state index in [0.717, 1.165) is 0 Å². The molecule has 0 fully saturated rings. The fourth-order valence-corrected chi connectivity index (χ4v) is 1.51. The number of rotatable bonds is 1. The maximum absolute atomic E-state index is 2.20. The van der Waals surface area contributed by atoms with Crippen LogP contribution in [0.2, 0.25) is 0 Å². The first-order valence-corrected chi connectivity index (χ1v) is 5.43. The number of fused-ring (bicyclic) bond motifs is 1. The van der Waals surface area contributed by atoms with Crippen LogP contribution in [0.4, 0.5) is 0 Å². The summed E-state index contributed by atoms with van der Waals surface area (Å²) in [6, 6.07) is 19.0. The molecule has 0 saturated heterocycles. The lowest BCUT2D eigenvalue weighted by Gasteiger charge is -2.01. The lowest BCUT2D eigenvalue weighted by molar-refractivity contribution is 0.867. The third-order valence-corrected chi connectivity index (χ3v) is 2.58. The van der Waals surface area contributed by atoms with Gasteiger partial charge in [0.1, 0.15) is 0 Å². The van der Waals surface area contributed by atoms with Gasteiger partial charge in [-0.2, -0.15) is 0 Å². The summed E-state index contributed by atoms with van der Waals surface area (Å²) in [6.45, 7) is 4.41. The summed E-state index contributed by atoms with van der Waals surface area (Å²) >= 11 is 0. The van der Waals surface area contributed by atoms with Crippen LogP contribution >= 0.6 is 0 Å². The Bertz CT molecular complexity index is 410. The Kier molecular flexibility index (Phi) is 2.86. The van der Waals surface area contributed by atoms with Gasteiger partial charge >= 0.3 is 0 Å². The summed E-state index contributed by atoms with van der Waals surface area (Å²) in [5.41, 5.74) is 4.27. The van der Waals surface area contributed by atoms with Gasteiger partial charge in [-0.15, -0.1) is 0 Å². The van der Waals surface area contributed by atoms with Gasteiger partial charge in [0.15, 0.2) is 0 Å². The summed E-state index contributed by atoms with van der Waals surface area (Å²) in [5, 5.41) is 0. The van der Waals surface area contributed by atoms with E-state index in [1.807, 2.05) is 6.07 Å². The van der Waals surface area contributed by atoms with Crippen LogP contribution in [-0.2, 0) is 0 Å². The molecule has 0 bridgehead atoms. The molecule has 0 N–H and O–H groups in total. The van der Waals surface area contributed by atoms with E-state index < -0.39 is 0 Å². The number of hydrogen-bond donors (Lipinski definition) is 0. The largest absolute Gasteiger partial charge is 0.0622 e. The van der Waals surface area contributed by atoms with E-state index in [-0.39, 0.29) is 0 Å². The summed E-state index contributed by atoms with van der Waals surface area (Å²) in [7, 11) is 0. The first-order valence-electron chi connectivity index (χ1n) is 5.43. The van der Waals surface area contributed by atoms with Crippen LogP contribution in [0.15, 0.2) is 54.6 Å². The van der Waals surface area contributed by atoms with E-state index >= 15 is 0 Å². The fourth-order valence-electron chi connectivity index (χ4n) is 1.51. The highest BCUT2D eigenvalue weighted by Crippen LogP contribution is 2.32. The van der Waals surface area contributed by atoms with Gasteiger partial charge in [0.2, 0.25) is 0 Å². The molecule has 0 aliphatic heterocycles. The van der Waals surface area contributed by atoms with Gasteiger partial charge in [0.25, 0.3) is 0 Å². The SMILES string of the molecule is CC(C)c1ccccc1.c1cc2cc-2c1. The van der Waals surface area contributed by atoms with Crippen LogP contribution in [0.1, 0.15) is 25.3 Å².